The summed E-state index contributed by atoms with van der Waals surface area (Å²) in [5, 5.41) is 2.15. The smallest absolute Gasteiger partial charge is 0.286 e. The van der Waals surface area contributed by atoms with E-state index in [9.17, 15) is 22.0 Å². The van der Waals surface area contributed by atoms with E-state index in [-0.39, 0.29) is 16.4 Å². The van der Waals surface area contributed by atoms with Gasteiger partial charge in [-0.3, -0.25) is 4.79 Å². The molecule has 0 fully saturated rings. The zero-order valence-corrected chi connectivity index (χ0v) is 16.3. The van der Waals surface area contributed by atoms with E-state index in [2.05, 4.69) is 9.71 Å². The molecular formula is C19H19F2N3O3S. The van der Waals surface area contributed by atoms with Crippen molar-refractivity contribution < 1.29 is 22.0 Å². The lowest BCUT2D eigenvalue weighted by molar-refractivity contribution is 0.102. The zero-order chi connectivity index (χ0) is 20.6. The number of nitrogens with one attached hydrogen (secondary N) is 1. The molecule has 9 heteroatoms. The standard InChI is InChI=1S/C19H19F2N3O3S/c1-11(2)10-24-12(3)23-28(26,27)17-9-13(7-8-16(17)24)19(25)22-18-14(20)5-4-6-15(18)21/h4-9,11H,10H2,1-3H3,(H,22,25). The van der Waals surface area contributed by atoms with Gasteiger partial charge in [0.25, 0.3) is 15.9 Å². The Morgan fingerprint density at radius 3 is 2.43 bits per heavy atom. The van der Waals surface area contributed by atoms with Crippen molar-refractivity contribution in [2.24, 2.45) is 10.3 Å². The minimum atomic E-state index is -3.99. The van der Waals surface area contributed by atoms with E-state index in [1.54, 1.807) is 11.8 Å². The Morgan fingerprint density at radius 2 is 1.82 bits per heavy atom. The Hall–Kier alpha value is -2.81. The number of sulfonamides is 1. The van der Waals surface area contributed by atoms with Gasteiger partial charge in [0.1, 0.15) is 28.1 Å². The van der Waals surface area contributed by atoms with Gasteiger partial charge in [0.05, 0.1) is 5.69 Å². The Morgan fingerprint density at radius 1 is 1.18 bits per heavy atom. The summed E-state index contributed by atoms with van der Waals surface area (Å²) in [5.74, 6) is -2.11. The van der Waals surface area contributed by atoms with Crippen LogP contribution in [0.2, 0.25) is 0 Å². The highest BCUT2D eigenvalue weighted by molar-refractivity contribution is 7.90. The molecule has 148 valence electrons. The van der Waals surface area contributed by atoms with Crippen LogP contribution < -0.4 is 10.2 Å². The van der Waals surface area contributed by atoms with Crippen molar-refractivity contribution in [3.63, 3.8) is 0 Å². The summed E-state index contributed by atoms with van der Waals surface area (Å²) in [5.41, 5.74) is -0.234. The van der Waals surface area contributed by atoms with E-state index in [1.807, 2.05) is 13.8 Å². The average molecular weight is 407 g/mol. The molecule has 0 radical (unpaired) electrons. The molecule has 0 bridgehead atoms. The van der Waals surface area contributed by atoms with Crippen LogP contribution in [-0.2, 0) is 10.0 Å². The van der Waals surface area contributed by atoms with E-state index in [0.29, 0.717) is 18.1 Å². The van der Waals surface area contributed by atoms with Crippen molar-refractivity contribution in [3.8, 4) is 0 Å². The first-order valence-corrected chi connectivity index (χ1v) is 10.0. The highest BCUT2D eigenvalue weighted by Gasteiger charge is 2.30. The first kappa shape index (κ1) is 19.9. The van der Waals surface area contributed by atoms with Crippen LogP contribution in [-0.4, -0.2) is 26.7 Å². The van der Waals surface area contributed by atoms with Gasteiger partial charge in [-0.2, -0.15) is 8.42 Å². The third-order valence-electron chi connectivity index (χ3n) is 4.18. The molecule has 2 aromatic carbocycles. The number of amides is 1. The quantitative estimate of drug-likeness (QED) is 0.836. The van der Waals surface area contributed by atoms with Gasteiger partial charge in [0, 0.05) is 12.1 Å². The van der Waals surface area contributed by atoms with Crippen LogP contribution in [0.4, 0.5) is 20.2 Å². The summed E-state index contributed by atoms with van der Waals surface area (Å²) >= 11 is 0. The molecule has 0 aliphatic carbocycles. The van der Waals surface area contributed by atoms with E-state index < -0.39 is 33.3 Å². The SMILES string of the molecule is CC1=NS(=O)(=O)c2cc(C(=O)Nc3c(F)cccc3F)ccc2N1CC(C)C. The first-order valence-electron chi connectivity index (χ1n) is 8.58. The van der Waals surface area contributed by atoms with Gasteiger partial charge < -0.3 is 10.2 Å². The number of carbonyl (C=O) groups excluding carboxylic acids is 1. The summed E-state index contributed by atoms with van der Waals surface area (Å²) in [6.45, 7) is 6.12. The molecule has 3 rings (SSSR count). The summed E-state index contributed by atoms with van der Waals surface area (Å²) in [6, 6.07) is 7.28. The molecule has 0 saturated heterocycles. The topological polar surface area (TPSA) is 78.8 Å². The number of rotatable bonds is 4. The van der Waals surface area contributed by atoms with Crippen LogP contribution in [0, 0.1) is 17.6 Å². The van der Waals surface area contributed by atoms with Crippen molar-refractivity contribution in [1.82, 2.24) is 0 Å². The van der Waals surface area contributed by atoms with Gasteiger partial charge in [-0.25, -0.2) is 8.78 Å². The third-order valence-corrected chi connectivity index (χ3v) is 5.57. The fourth-order valence-corrected chi connectivity index (χ4v) is 4.19. The van der Waals surface area contributed by atoms with Crippen molar-refractivity contribution in [2.75, 3.05) is 16.8 Å². The largest absolute Gasteiger partial charge is 0.328 e. The Kier molecular flexibility index (Phi) is 5.20. The Bertz CT molecular complexity index is 1060. The van der Waals surface area contributed by atoms with Crippen molar-refractivity contribution in [3.05, 3.63) is 53.6 Å². The van der Waals surface area contributed by atoms with Crippen LogP contribution in [0.5, 0.6) is 0 Å². The number of benzene rings is 2. The summed E-state index contributed by atoms with van der Waals surface area (Å²) in [6.07, 6.45) is 0. The van der Waals surface area contributed by atoms with Crippen molar-refractivity contribution in [2.45, 2.75) is 25.7 Å². The van der Waals surface area contributed by atoms with Gasteiger partial charge in [0.2, 0.25) is 0 Å². The van der Waals surface area contributed by atoms with Crippen LogP contribution in [0.1, 0.15) is 31.1 Å². The molecule has 1 aliphatic heterocycles. The maximum atomic E-state index is 13.8. The monoisotopic (exact) mass is 407 g/mol. The van der Waals surface area contributed by atoms with Crippen molar-refractivity contribution >= 4 is 33.1 Å². The van der Waals surface area contributed by atoms with Gasteiger partial charge in [0.15, 0.2) is 0 Å². The number of hydrogen-bond donors (Lipinski definition) is 1. The molecule has 1 amide bonds. The normalized spacial score (nSPS) is 15.2. The van der Waals surface area contributed by atoms with Gasteiger partial charge in [-0.15, -0.1) is 4.40 Å². The van der Waals surface area contributed by atoms with E-state index in [0.717, 1.165) is 12.1 Å². The molecule has 1 N–H and O–H groups in total. The summed E-state index contributed by atoms with van der Waals surface area (Å²) in [4.78, 5) is 14.1. The lowest BCUT2D eigenvalue weighted by Crippen LogP contribution is -2.36. The van der Waals surface area contributed by atoms with Gasteiger partial charge >= 0.3 is 0 Å². The maximum Gasteiger partial charge on any atom is 0.286 e. The van der Waals surface area contributed by atoms with Gasteiger partial charge in [-0.05, 0) is 43.2 Å². The average Bonchev–Trinajstić information content (AvgIpc) is 2.61. The summed E-state index contributed by atoms with van der Waals surface area (Å²) in [7, 11) is -3.99. The number of nitrogens with zero attached hydrogens (tertiary/aromatic N) is 2. The molecule has 1 heterocycles. The Labute approximate surface area is 161 Å². The third kappa shape index (κ3) is 3.75. The minimum Gasteiger partial charge on any atom is -0.328 e. The van der Waals surface area contributed by atoms with Crippen LogP contribution in [0.25, 0.3) is 0 Å². The molecule has 6 nitrogen and oxygen atoms in total. The van der Waals surface area contributed by atoms with Crippen LogP contribution in [0.15, 0.2) is 45.7 Å². The minimum absolute atomic E-state index is 0.0516. The first-order chi connectivity index (χ1) is 13.1. The van der Waals surface area contributed by atoms with E-state index in [4.69, 9.17) is 0 Å². The number of anilines is 2. The second-order valence-corrected chi connectivity index (χ2v) is 8.42. The van der Waals surface area contributed by atoms with E-state index in [1.165, 1.54) is 24.3 Å². The number of para-hydroxylation sites is 1. The molecule has 0 aromatic heterocycles. The lowest BCUT2D eigenvalue weighted by atomic mass is 10.1. The molecule has 2 aromatic rings. The molecule has 1 aliphatic rings. The molecule has 0 atom stereocenters. The number of hydrogen-bond acceptors (Lipinski definition) is 4. The van der Waals surface area contributed by atoms with Crippen LogP contribution >= 0.6 is 0 Å². The molecule has 0 unspecified atom stereocenters. The predicted octanol–water partition coefficient (Wildman–Crippen LogP) is 3.80. The van der Waals surface area contributed by atoms with Gasteiger partial charge in [-0.1, -0.05) is 19.9 Å². The molecule has 0 spiro atoms. The zero-order valence-electron chi connectivity index (χ0n) is 15.5. The molecule has 28 heavy (non-hydrogen) atoms. The highest BCUT2D eigenvalue weighted by Crippen LogP contribution is 2.33. The van der Waals surface area contributed by atoms with Crippen molar-refractivity contribution in [1.29, 1.82) is 0 Å². The Balaban J connectivity index is 2.00. The number of fused-ring (bicyclic) bond motifs is 1. The number of amidine groups is 1. The second kappa shape index (κ2) is 7.31. The maximum absolute atomic E-state index is 13.8. The second-order valence-electron chi connectivity index (χ2n) is 6.85. The fourth-order valence-electron chi connectivity index (χ4n) is 2.93. The number of carbonyl (C=O) groups is 1. The van der Waals surface area contributed by atoms with Crippen LogP contribution in [0.3, 0.4) is 0 Å². The predicted molar refractivity (Wildman–Crippen MR) is 103 cm³/mol. The lowest BCUT2D eigenvalue weighted by Gasteiger charge is -2.30. The molecular weight excluding hydrogens is 388 g/mol. The summed E-state index contributed by atoms with van der Waals surface area (Å²) < 4.78 is 56.3. The fraction of sp³-hybridized carbons (Fsp3) is 0.263. The number of halogens is 2. The molecule has 0 saturated carbocycles. The van der Waals surface area contributed by atoms with E-state index >= 15 is 0 Å². The highest BCUT2D eigenvalue weighted by atomic mass is 32.2.